The highest BCUT2D eigenvalue weighted by molar-refractivity contribution is 5.76. The van der Waals surface area contributed by atoms with Crippen LogP contribution >= 0.6 is 0 Å². The van der Waals surface area contributed by atoms with Crippen LogP contribution in [0.2, 0.25) is 0 Å². The SMILES string of the molecule is CC#CC[C@@H]1C/C(=C/C)OC1=O. The molecule has 0 spiro atoms. The molecule has 1 fully saturated rings. The van der Waals surface area contributed by atoms with Gasteiger partial charge in [-0.1, -0.05) is 0 Å². The zero-order valence-electron chi connectivity index (χ0n) is 7.39. The van der Waals surface area contributed by atoms with Crippen LogP contribution in [-0.2, 0) is 9.53 Å². The number of ether oxygens (including phenoxy) is 1. The first-order chi connectivity index (χ1) is 5.77. The minimum absolute atomic E-state index is 0.0383. The summed E-state index contributed by atoms with van der Waals surface area (Å²) in [7, 11) is 0. The van der Waals surface area contributed by atoms with E-state index in [1.807, 2.05) is 13.0 Å². The highest BCUT2D eigenvalue weighted by Crippen LogP contribution is 2.26. The van der Waals surface area contributed by atoms with E-state index >= 15 is 0 Å². The Labute approximate surface area is 72.6 Å². The highest BCUT2D eigenvalue weighted by atomic mass is 16.5. The zero-order valence-corrected chi connectivity index (χ0v) is 7.39. The lowest BCUT2D eigenvalue weighted by molar-refractivity contribution is -0.138. The number of hydrogen-bond donors (Lipinski definition) is 0. The van der Waals surface area contributed by atoms with E-state index in [0.29, 0.717) is 12.8 Å². The van der Waals surface area contributed by atoms with Gasteiger partial charge in [-0.05, 0) is 19.9 Å². The Hall–Kier alpha value is -1.23. The van der Waals surface area contributed by atoms with Crippen molar-refractivity contribution in [2.24, 2.45) is 5.92 Å². The van der Waals surface area contributed by atoms with Gasteiger partial charge >= 0.3 is 5.97 Å². The maximum Gasteiger partial charge on any atom is 0.315 e. The third-order valence-electron chi connectivity index (χ3n) is 1.86. The molecular formula is C10H12O2. The molecule has 0 bridgehead atoms. The lowest BCUT2D eigenvalue weighted by Gasteiger charge is -1.94. The summed E-state index contributed by atoms with van der Waals surface area (Å²) >= 11 is 0. The summed E-state index contributed by atoms with van der Waals surface area (Å²) in [4.78, 5) is 11.1. The molecule has 2 nitrogen and oxygen atoms in total. The number of esters is 1. The Balaban J connectivity index is 2.56. The normalized spacial score (nSPS) is 25.0. The zero-order chi connectivity index (χ0) is 8.97. The van der Waals surface area contributed by atoms with E-state index in [1.54, 1.807) is 6.92 Å². The van der Waals surface area contributed by atoms with E-state index in [0.717, 1.165) is 5.76 Å². The first-order valence-corrected chi connectivity index (χ1v) is 4.04. The summed E-state index contributed by atoms with van der Waals surface area (Å²) in [5.41, 5.74) is 0. The van der Waals surface area contributed by atoms with Crippen molar-refractivity contribution in [1.82, 2.24) is 0 Å². The molecule has 2 heteroatoms. The van der Waals surface area contributed by atoms with Crippen molar-refractivity contribution in [2.45, 2.75) is 26.7 Å². The Kier molecular flexibility index (Phi) is 2.93. The van der Waals surface area contributed by atoms with E-state index < -0.39 is 0 Å². The van der Waals surface area contributed by atoms with Crippen LogP contribution in [0.3, 0.4) is 0 Å². The molecule has 1 rings (SSSR count). The lowest BCUT2D eigenvalue weighted by Crippen LogP contribution is -2.05. The first-order valence-electron chi connectivity index (χ1n) is 4.04. The number of cyclic esters (lactones) is 1. The van der Waals surface area contributed by atoms with Crippen LogP contribution in [0.15, 0.2) is 11.8 Å². The van der Waals surface area contributed by atoms with Gasteiger partial charge in [0.05, 0.1) is 5.92 Å². The highest BCUT2D eigenvalue weighted by Gasteiger charge is 2.29. The smallest absolute Gasteiger partial charge is 0.315 e. The van der Waals surface area contributed by atoms with E-state index in [1.165, 1.54) is 0 Å². The molecule has 0 aromatic carbocycles. The molecule has 1 heterocycles. The van der Waals surface area contributed by atoms with Gasteiger partial charge < -0.3 is 4.74 Å². The van der Waals surface area contributed by atoms with E-state index in [2.05, 4.69) is 11.8 Å². The molecule has 0 aliphatic carbocycles. The summed E-state index contributed by atoms with van der Waals surface area (Å²) in [6, 6.07) is 0. The summed E-state index contributed by atoms with van der Waals surface area (Å²) in [6.45, 7) is 3.65. The van der Waals surface area contributed by atoms with Gasteiger partial charge in [0.1, 0.15) is 5.76 Å². The number of carbonyl (C=O) groups is 1. The molecule has 1 aliphatic heterocycles. The molecule has 1 atom stereocenters. The van der Waals surface area contributed by atoms with Crippen LogP contribution in [0, 0.1) is 17.8 Å². The molecule has 12 heavy (non-hydrogen) atoms. The standard InChI is InChI=1S/C10H12O2/c1-3-5-6-8-7-9(4-2)12-10(8)11/h4,8H,6-7H2,1-2H3/b9-4-/t8-/m1/s1. The third kappa shape index (κ3) is 1.88. The fourth-order valence-corrected chi connectivity index (χ4v) is 1.14. The van der Waals surface area contributed by atoms with Gasteiger partial charge in [-0.2, -0.15) is 0 Å². The lowest BCUT2D eigenvalue weighted by atomic mass is 10.0. The van der Waals surface area contributed by atoms with Crippen molar-refractivity contribution in [2.75, 3.05) is 0 Å². The largest absolute Gasteiger partial charge is 0.431 e. The van der Waals surface area contributed by atoms with Crippen LogP contribution in [0.1, 0.15) is 26.7 Å². The summed E-state index contributed by atoms with van der Waals surface area (Å²) in [6.07, 6.45) is 3.16. The third-order valence-corrected chi connectivity index (χ3v) is 1.86. The van der Waals surface area contributed by atoms with Crippen molar-refractivity contribution < 1.29 is 9.53 Å². The van der Waals surface area contributed by atoms with Crippen LogP contribution in [0.4, 0.5) is 0 Å². The van der Waals surface area contributed by atoms with Gasteiger partial charge in [-0.15, -0.1) is 11.8 Å². The molecule has 1 saturated heterocycles. The van der Waals surface area contributed by atoms with Crippen LogP contribution < -0.4 is 0 Å². The summed E-state index contributed by atoms with van der Waals surface area (Å²) in [5.74, 6) is 6.27. The molecule has 1 aliphatic rings. The second-order valence-corrected chi connectivity index (χ2v) is 2.71. The average Bonchev–Trinajstić information content (AvgIpc) is 2.43. The van der Waals surface area contributed by atoms with Gasteiger partial charge in [0, 0.05) is 12.8 Å². The Morgan fingerprint density at radius 3 is 3.00 bits per heavy atom. The Bertz CT molecular complexity index is 265. The Morgan fingerprint density at radius 2 is 2.50 bits per heavy atom. The van der Waals surface area contributed by atoms with E-state index in [-0.39, 0.29) is 11.9 Å². The number of rotatable bonds is 1. The predicted molar refractivity (Wildman–Crippen MR) is 46.0 cm³/mol. The predicted octanol–water partition coefficient (Wildman–Crippen LogP) is 1.87. The fraction of sp³-hybridized carbons (Fsp3) is 0.500. The second-order valence-electron chi connectivity index (χ2n) is 2.71. The number of hydrogen-bond acceptors (Lipinski definition) is 2. The van der Waals surface area contributed by atoms with Crippen molar-refractivity contribution in [1.29, 1.82) is 0 Å². The monoisotopic (exact) mass is 164 g/mol. The van der Waals surface area contributed by atoms with E-state index in [9.17, 15) is 4.79 Å². The number of allylic oxidation sites excluding steroid dienone is 2. The summed E-state index contributed by atoms with van der Waals surface area (Å²) in [5, 5.41) is 0. The molecule has 0 aromatic heterocycles. The van der Waals surface area contributed by atoms with Crippen molar-refractivity contribution in [3.05, 3.63) is 11.8 Å². The first kappa shape index (κ1) is 8.86. The molecule has 0 saturated carbocycles. The van der Waals surface area contributed by atoms with Crippen molar-refractivity contribution >= 4 is 5.97 Å². The quantitative estimate of drug-likeness (QED) is 0.437. The van der Waals surface area contributed by atoms with Crippen molar-refractivity contribution in [3.63, 3.8) is 0 Å². The maximum atomic E-state index is 11.1. The molecule has 0 amide bonds. The number of carbonyl (C=O) groups excluding carboxylic acids is 1. The summed E-state index contributed by atoms with van der Waals surface area (Å²) < 4.78 is 4.97. The minimum atomic E-state index is -0.133. The van der Waals surface area contributed by atoms with Crippen LogP contribution in [0.25, 0.3) is 0 Å². The van der Waals surface area contributed by atoms with Gasteiger partial charge in [0.15, 0.2) is 0 Å². The molecule has 0 unspecified atom stereocenters. The Morgan fingerprint density at radius 1 is 1.75 bits per heavy atom. The topological polar surface area (TPSA) is 26.3 Å². The minimum Gasteiger partial charge on any atom is -0.431 e. The van der Waals surface area contributed by atoms with Crippen LogP contribution in [0.5, 0.6) is 0 Å². The molecule has 0 aromatic rings. The molecule has 0 radical (unpaired) electrons. The fourth-order valence-electron chi connectivity index (χ4n) is 1.14. The maximum absolute atomic E-state index is 11.1. The van der Waals surface area contributed by atoms with Gasteiger partial charge in [0.2, 0.25) is 0 Å². The second kappa shape index (κ2) is 3.96. The average molecular weight is 164 g/mol. The van der Waals surface area contributed by atoms with Gasteiger partial charge in [-0.25, -0.2) is 0 Å². The molecule has 64 valence electrons. The van der Waals surface area contributed by atoms with Crippen molar-refractivity contribution in [3.8, 4) is 11.8 Å². The molecular weight excluding hydrogens is 152 g/mol. The van der Waals surface area contributed by atoms with Gasteiger partial charge in [-0.3, -0.25) is 4.79 Å². The van der Waals surface area contributed by atoms with Crippen LogP contribution in [-0.4, -0.2) is 5.97 Å². The van der Waals surface area contributed by atoms with E-state index in [4.69, 9.17) is 4.74 Å². The van der Waals surface area contributed by atoms with Gasteiger partial charge in [0.25, 0.3) is 0 Å². The molecule has 0 N–H and O–H groups in total.